The van der Waals surface area contributed by atoms with E-state index >= 15 is 0 Å². The minimum atomic E-state index is -2.94. The average molecular weight is 165 g/mol. The lowest BCUT2D eigenvalue weighted by Gasteiger charge is -2.11. The highest BCUT2D eigenvalue weighted by Gasteiger charge is 2.27. The Morgan fingerprint density at radius 3 is 2.70 bits per heavy atom. The quantitative estimate of drug-likeness (QED) is 0.560. The summed E-state index contributed by atoms with van der Waals surface area (Å²) in [4.78, 5) is 0. The first-order chi connectivity index (χ1) is 4.67. The second-order valence-corrected chi connectivity index (χ2v) is 4.35. The van der Waals surface area contributed by atoms with Crippen molar-refractivity contribution in [3.05, 3.63) is 0 Å². The van der Waals surface area contributed by atoms with Gasteiger partial charge in [-0.05, 0) is 6.42 Å². The molecule has 1 aliphatic rings. The molecule has 0 aromatic rings. The van der Waals surface area contributed by atoms with Crippen LogP contribution in [-0.2, 0) is 14.8 Å². The monoisotopic (exact) mass is 165 g/mol. The molecule has 0 spiro atoms. The van der Waals surface area contributed by atoms with Crippen LogP contribution < -0.4 is 0 Å². The van der Waals surface area contributed by atoms with Crippen molar-refractivity contribution < 1.29 is 13.2 Å². The van der Waals surface area contributed by atoms with Gasteiger partial charge in [-0.2, -0.15) is 4.31 Å². The van der Waals surface area contributed by atoms with Gasteiger partial charge in [0.2, 0.25) is 10.0 Å². The van der Waals surface area contributed by atoms with E-state index in [4.69, 9.17) is 4.74 Å². The molecule has 0 aliphatic carbocycles. The van der Waals surface area contributed by atoms with Crippen molar-refractivity contribution in [3.8, 4) is 0 Å². The molecule has 0 bridgehead atoms. The number of methoxy groups -OCH3 is 1. The molecule has 4 nitrogen and oxygen atoms in total. The van der Waals surface area contributed by atoms with Crippen molar-refractivity contribution in [1.82, 2.24) is 4.31 Å². The Hall–Kier alpha value is -0.130. The molecule has 0 radical (unpaired) electrons. The summed E-state index contributed by atoms with van der Waals surface area (Å²) in [6.07, 6.45) is 0.728. The maximum Gasteiger partial charge on any atom is 0.216 e. The van der Waals surface area contributed by atoms with Crippen molar-refractivity contribution >= 4 is 10.0 Å². The van der Waals surface area contributed by atoms with E-state index in [1.807, 2.05) is 0 Å². The van der Waals surface area contributed by atoms with Crippen molar-refractivity contribution in [2.24, 2.45) is 0 Å². The van der Waals surface area contributed by atoms with E-state index in [-0.39, 0.29) is 12.5 Å². The van der Waals surface area contributed by atoms with Gasteiger partial charge in [0.1, 0.15) is 6.73 Å². The van der Waals surface area contributed by atoms with Crippen molar-refractivity contribution in [2.45, 2.75) is 6.42 Å². The van der Waals surface area contributed by atoms with E-state index < -0.39 is 10.0 Å². The maximum atomic E-state index is 11.0. The number of rotatable bonds is 2. The zero-order valence-electron chi connectivity index (χ0n) is 5.91. The lowest BCUT2D eigenvalue weighted by molar-refractivity contribution is 0.122. The van der Waals surface area contributed by atoms with Crippen LogP contribution in [0.1, 0.15) is 6.42 Å². The number of hydrogen-bond donors (Lipinski definition) is 0. The summed E-state index contributed by atoms with van der Waals surface area (Å²) < 4.78 is 28.1. The van der Waals surface area contributed by atoms with Crippen molar-refractivity contribution in [1.29, 1.82) is 0 Å². The van der Waals surface area contributed by atoms with E-state index in [0.29, 0.717) is 6.54 Å². The third kappa shape index (κ3) is 1.47. The van der Waals surface area contributed by atoms with E-state index in [0.717, 1.165) is 6.42 Å². The highest BCUT2D eigenvalue weighted by atomic mass is 32.2. The molecule has 60 valence electrons. The van der Waals surface area contributed by atoms with Crippen LogP contribution in [0, 0.1) is 0 Å². The molecule has 1 saturated heterocycles. The Labute approximate surface area is 60.8 Å². The smallest absolute Gasteiger partial charge is 0.216 e. The summed E-state index contributed by atoms with van der Waals surface area (Å²) in [5.74, 6) is 0.274. The Morgan fingerprint density at radius 2 is 2.30 bits per heavy atom. The molecule has 0 aromatic heterocycles. The fourth-order valence-corrected chi connectivity index (χ4v) is 2.41. The maximum absolute atomic E-state index is 11.0. The van der Waals surface area contributed by atoms with Crippen LogP contribution >= 0.6 is 0 Å². The minimum Gasteiger partial charge on any atom is -0.368 e. The molecule has 0 saturated carbocycles. The normalized spacial score (nSPS) is 25.3. The lowest BCUT2D eigenvalue weighted by atomic mass is 10.5. The zero-order valence-corrected chi connectivity index (χ0v) is 6.73. The minimum absolute atomic E-state index is 0.197. The molecule has 0 atom stereocenters. The fourth-order valence-electron chi connectivity index (χ4n) is 0.980. The van der Waals surface area contributed by atoms with Crippen LogP contribution in [0.25, 0.3) is 0 Å². The Bertz CT molecular complexity index is 199. The van der Waals surface area contributed by atoms with Gasteiger partial charge in [0.05, 0.1) is 5.75 Å². The highest BCUT2D eigenvalue weighted by molar-refractivity contribution is 7.89. The van der Waals surface area contributed by atoms with E-state index in [1.165, 1.54) is 11.4 Å². The molecule has 1 fully saturated rings. The van der Waals surface area contributed by atoms with Crippen LogP contribution in [0.2, 0.25) is 0 Å². The molecule has 0 unspecified atom stereocenters. The molecule has 1 rings (SSSR count). The molecule has 1 heterocycles. The van der Waals surface area contributed by atoms with Gasteiger partial charge < -0.3 is 4.74 Å². The van der Waals surface area contributed by atoms with Crippen LogP contribution in [0.5, 0.6) is 0 Å². The van der Waals surface area contributed by atoms with Gasteiger partial charge in [-0.25, -0.2) is 8.42 Å². The third-order valence-corrected chi connectivity index (χ3v) is 3.36. The van der Waals surface area contributed by atoms with Crippen LogP contribution in [0.15, 0.2) is 0 Å². The second kappa shape index (κ2) is 2.86. The first-order valence-electron chi connectivity index (χ1n) is 3.13. The Morgan fingerprint density at radius 1 is 1.60 bits per heavy atom. The highest BCUT2D eigenvalue weighted by Crippen LogP contribution is 2.11. The van der Waals surface area contributed by atoms with Crippen LogP contribution in [0.3, 0.4) is 0 Å². The van der Waals surface area contributed by atoms with Gasteiger partial charge in [0, 0.05) is 13.7 Å². The van der Waals surface area contributed by atoms with Gasteiger partial charge in [-0.15, -0.1) is 0 Å². The summed E-state index contributed by atoms with van der Waals surface area (Å²) in [5.41, 5.74) is 0. The third-order valence-electron chi connectivity index (χ3n) is 1.48. The van der Waals surface area contributed by atoms with E-state index in [9.17, 15) is 8.42 Å². The molecule has 10 heavy (non-hydrogen) atoms. The summed E-state index contributed by atoms with van der Waals surface area (Å²) in [6.45, 7) is 0.804. The van der Waals surface area contributed by atoms with Gasteiger partial charge in [-0.3, -0.25) is 0 Å². The largest absolute Gasteiger partial charge is 0.368 e. The first-order valence-corrected chi connectivity index (χ1v) is 4.74. The van der Waals surface area contributed by atoms with Crippen LogP contribution in [-0.4, -0.2) is 38.9 Å². The predicted molar refractivity (Wildman–Crippen MR) is 37.0 cm³/mol. The summed E-state index contributed by atoms with van der Waals surface area (Å²) in [7, 11) is -1.45. The number of sulfonamides is 1. The summed E-state index contributed by atoms with van der Waals surface area (Å²) >= 11 is 0. The number of nitrogens with zero attached hydrogens (tertiary/aromatic N) is 1. The van der Waals surface area contributed by atoms with Gasteiger partial charge >= 0.3 is 0 Å². The standard InChI is InChI=1S/C5H11NO3S/c1-9-5-6-3-2-4-10(6,7)8/h2-5H2,1H3. The molecule has 0 amide bonds. The number of ether oxygens (including phenoxy) is 1. The SMILES string of the molecule is COCN1CCCS1(=O)=O. The first kappa shape index (κ1) is 7.97. The molecule has 0 aromatic carbocycles. The van der Waals surface area contributed by atoms with Crippen LogP contribution in [0.4, 0.5) is 0 Å². The Kier molecular flexibility index (Phi) is 2.28. The molecular formula is C5H11NO3S. The zero-order chi connectivity index (χ0) is 7.61. The molecular weight excluding hydrogens is 154 g/mol. The fraction of sp³-hybridized carbons (Fsp3) is 1.00. The van der Waals surface area contributed by atoms with Gasteiger partial charge in [0.25, 0.3) is 0 Å². The van der Waals surface area contributed by atoms with Crippen molar-refractivity contribution in [2.75, 3.05) is 26.1 Å². The molecule has 5 heteroatoms. The van der Waals surface area contributed by atoms with Gasteiger partial charge in [0.15, 0.2) is 0 Å². The van der Waals surface area contributed by atoms with Crippen molar-refractivity contribution in [3.63, 3.8) is 0 Å². The molecule has 1 aliphatic heterocycles. The Balaban J connectivity index is 2.60. The number of hydrogen-bond acceptors (Lipinski definition) is 3. The average Bonchev–Trinajstić information content (AvgIpc) is 2.13. The predicted octanol–water partition coefficient (Wildman–Crippen LogP) is -0.374. The van der Waals surface area contributed by atoms with E-state index in [2.05, 4.69) is 0 Å². The topological polar surface area (TPSA) is 46.6 Å². The summed E-state index contributed by atoms with van der Waals surface area (Å²) in [6, 6.07) is 0. The molecule has 0 N–H and O–H groups in total. The van der Waals surface area contributed by atoms with Gasteiger partial charge in [-0.1, -0.05) is 0 Å². The lowest BCUT2D eigenvalue weighted by Crippen LogP contribution is -2.27. The second-order valence-electron chi connectivity index (χ2n) is 2.26. The summed E-state index contributed by atoms with van der Waals surface area (Å²) in [5, 5.41) is 0. The van der Waals surface area contributed by atoms with E-state index in [1.54, 1.807) is 0 Å².